The van der Waals surface area contributed by atoms with E-state index in [0.717, 1.165) is 5.71 Å². The molecule has 0 heterocycles. The van der Waals surface area contributed by atoms with E-state index in [0.29, 0.717) is 4.75 Å². The first-order valence-electron chi connectivity index (χ1n) is 5.83. The van der Waals surface area contributed by atoms with Crippen LogP contribution in [0.2, 0.25) is 0 Å². The molecule has 1 N–H and O–H groups in total. The zero-order valence-electron chi connectivity index (χ0n) is 12.1. The smallest absolute Gasteiger partial charge is 0.236 e. The summed E-state index contributed by atoms with van der Waals surface area (Å²) in [4.78, 5) is 10.1. The van der Waals surface area contributed by atoms with Crippen molar-refractivity contribution in [3.8, 4) is 0 Å². The van der Waals surface area contributed by atoms with Gasteiger partial charge in [0.25, 0.3) is 0 Å². The molecule has 0 atom stereocenters. The number of hydrogen-bond acceptors (Lipinski definition) is 4. The predicted octanol–water partition coefficient (Wildman–Crippen LogP) is 4.09. The Morgan fingerprint density at radius 1 is 1.24 bits per heavy atom. The van der Waals surface area contributed by atoms with Gasteiger partial charge in [0.15, 0.2) is 0 Å². The second-order valence-corrected chi connectivity index (χ2v) is 7.62. The Labute approximate surface area is 114 Å². The van der Waals surface area contributed by atoms with Crippen LogP contribution in [0.3, 0.4) is 0 Å². The van der Waals surface area contributed by atoms with Crippen molar-refractivity contribution in [3.05, 3.63) is 0 Å². The topological polar surface area (TPSA) is 41.5 Å². The van der Waals surface area contributed by atoms with Crippen LogP contribution in [0.5, 0.6) is 0 Å². The molecule has 102 valence electrons. The fraction of sp³-hybridized carbons (Fsp3) is 0.833. The molecular weight excluding hydrogens is 252 g/mol. The first-order valence-corrected chi connectivity index (χ1v) is 8.15. The molecule has 0 aliphatic rings. The zero-order chi connectivity index (χ0) is 13.9. The molecule has 0 aliphatic heterocycles. The van der Waals surface area contributed by atoms with Gasteiger partial charge in [-0.15, -0.1) is 0 Å². The van der Waals surface area contributed by atoms with Crippen molar-refractivity contribution in [1.29, 1.82) is 0 Å². The van der Waals surface area contributed by atoms with Gasteiger partial charge in [0, 0.05) is 23.1 Å². The standard InChI is InChI=1S/C7H16S2.C5H10N2O/c1-5-7(3,4)9-8-6-2;1-4(2)6-7-5(3)8/h5-6H2,1-4H3;1-3H3,(H,7,8). The van der Waals surface area contributed by atoms with Crippen LogP contribution >= 0.6 is 21.6 Å². The number of carbonyl (C=O) groups is 1. The highest BCUT2D eigenvalue weighted by Crippen LogP contribution is 2.37. The summed E-state index contributed by atoms with van der Waals surface area (Å²) in [5.74, 6) is 1.08. The normalized spacial score (nSPS) is 10.1. The van der Waals surface area contributed by atoms with E-state index < -0.39 is 0 Å². The van der Waals surface area contributed by atoms with Crippen molar-refractivity contribution in [2.45, 2.75) is 59.6 Å². The quantitative estimate of drug-likeness (QED) is 0.468. The number of carbonyl (C=O) groups excluding carboxylic acids is 1. The third-order valence-corrected chi connectivity index (χ3v) is 5.20. The fourth-order valence-corrected chi connectivity index (χ4v) is 2.69. The molecule has 0 unspecified atom stereocenters. The predicted molar refractivity (Wildman–Crippen MR) is 82.7 cm³/mol. The van der Waals surface area contributed by atoms with Crippen LogP contribution in [0.15, 0.2) is 5.10 Å². The van der Waals surface area contributed by atoms with Gasteiger partial charge >= 0.3 is 0 Å². The zero-order valence-corrected chi connectivity index (χ0v) is 13.7. The highest BCUT2D eigenvalue weighted by Gasteiger charge is 2.14. The van der Waals surface area contributed by atoms with Crippen molar-refractivity contribution in [2.24, 2.45) is 5.10 Å². The molecule has 17 heavy (non-hydrogen) atoms. The van der Waals surface area contributed by atoms with Crippen LogP contribution in [0, 0.1) is 0 Å². The Balaban J connectivity index is 0. The lowest BCUT2D eigenvalue weighted by molar-refractivity contribution is -0.118. The van der Waals surface area contributed by atoms with Gasteiger partial charge in [-0.05, 0) is 34.1 Å². The summed E-state index contributed by atoms with van der Waals surface area (Å²) in [6.45, 7) is 14.1. The maximum atomic E-state index is 10.1. The van der Waals surface area contributed by atoms with Gasteiger partial charge in [-0.3, -0.25) is 4.79 Å². The van der Waals surface area contributed by atoms with Crippen molar-refractivity contribution in [1.82, 2.24) is 5.43 Å². The minimum atomic E-state index is -0.133. The Morgan fingerprint density at radius 2 is 1.76 bits per heavy atom. The molecule has 0 radical (unpaired) electrons. The Hall–Kier alpha value is -0.160. The third-order valence-electron chi connectivity index (χ3n) is 1.69. The second kappa shape index (κ2) is 11.0. The van der Waals surface area contributed by atoms with Gasteiger partial charge in [0.05, 0.1) is 0 Å². The van der Waals surface area contributed by atoms with E-state index in [2.05, 4.69) is 38.2 Å². The maximum Gasteiger partial charge on any atom is 0.236 e. The van der Waals surface area contributed by atoms with E-state index in [1.54, 1.807) is 0 Å². The number of nitrogens with zero attached hydrogens (tertiary/aromatic N) is 1. The summed E-state index contributed by atoms with van der Waals surface area (Å²) >= 11 is 0. The lowest BCUT2D eigenvalue weighted by Gasteiger charge is -2.19. The largest absolute Gasteiger partial charge is 0.274 e. The van der Waals surface area contributed by atoms with E-state index in [-0.39, 0.29) is 5.91 Å². The number of hydrazone groups is 1. The monoisotopic (exact) mass is 278 g/mol. The molecule has 0 aromatic carbocycles. The van der Waals surface area contributed by atoms with Gasteiger partial charge in [-0.1, -0.05) is 35.4 Å². The van der Waals surface area contributed by atoms with Crippen LogP contribution in [0.25, 0.3) is 0 Å². The Bertz CT molecular complexity index is 237. The van der Waals surface area contributed by atoms with Gasteiger partial charge in [-0.2, -0.15) is 5.10 Å². The van der Waals surface area contributed by atoms with Crippen LogP contribution < -0.4 is 5.43 Å². The van der Waals surface area contributed by atoms with Crippen LogP contribution in [0.1, 0.15) is 54.9 Å². The van der Waals surface area contributed by atoms with Crippen LogP contribution in [0.4, 0.5) is 0 Å². The highest BCUT2D eigenvalue weighted by molar-refractivity contribution is 8.77. The van der Waals surface area contributed by atoms with Crippen molar-refractivity contribution in [2.75, 3.05) is 5.75 Å². The molecule has 1 amide bonds. The second-order valence-electron chi connectivity index (χ2n) is 4.33. The molecule has 5 heteroatoms. The fourth-order valence-electron chi connectivity index (χ4n) is 0.468. The van der Waals surface area contributed by atoms with Crippen molar-refractivity contribution >= 4 is 33.2 Å². The minimum absolute atomic E-state index is 0.133. The SMILES string of the molecule is CC(=O)NN=C(C)C.CCSSC(C)(C)CC. The van der Waals surface area contributed by atoms with Crippen molar-refractivity contribution < 1.29 is 4.79 Å². The molecule has 3 nitrogen and oxygen atoms in total. The lowest BCUT2D eigenvalue weighted by atomic mass is 10.1. The summed E-state index contributed by atoms with van der Waals surface area (Å²) in [5, 5.41) is 3.64. The summed E-state index contributed by atoms with van der Waals surface area (Å²) in [5.41, 5.74) is 3.14. The molecule has 0 bridgehead atoms. The molecular formula is C12H26N2OS2. The number of amides is 1. The molecule has 0 fully saturated rings. The number of hydrogen-bond donors (Lipinski definition) is 1. The third kappa shape index (κ3) is 18.4. The Morgan fingerprint density at radius 3 is 2.00 bits per heavy atom. The average molecular weight is 278 g/mol. The van der Waals surface area contributed by atoms with Gasteiger partial charge < -0.3 is 0 Å². The molecule has 0 saturated heterocycles. The van der Waals surface area contributed by atoms with E-state index in [1.165, 1.54) is 19.1 Å². The van der Waals surface area contributed by atoms with E-state index >= 15 is 0 Å². The summed E-state index contributed by atoms with van der Waals surface area (Å²) < 4.78 is 0.473. The average Bonchev–Trinajstić information content (AvgIpc) is 2.24. The molecule has 0 aromatic heterocycles. The Kier molecular flexibility index (Phi) is 12.4. The molecule has 0 aromatic rings. The van der Waals surface area contributed by atoms with E-state index in [1.807, 2.05) is 35.4 Å². The molecule has 0 aliphatic carbocycles. The molecule has 0 spiro atoms. The van der Waals surface area contributed by atoms with Crippen molar-refractivity contribution in [3.63, 3.8) is 0 Å². The van der Waals surface area contributed by atoms with Gasteiger partial charge in [-0.25, -0.2) is 5.43 Å². The minimum Gasteiger partial charge on any atom is -0.274 e. The summed E-state index contributed by atoms with van der Waals surface area (Å²) in [6, 6.07) is 0. The first kappa shape index (κ1) is 19.2. The van der Waals surface area contributed by atoms with E-state index in [9.17, 15) is 4.79 Å². The highest BCUT2D eigenvalue weighted by atomic mass is 33.1. The molecule has 0 rings (SSSR count). The van der Waals surface area contributed by atoms with E-state index in [4.69, 9.17) is 0 Å². The number of rotatable bonds is 5. The van der Waals surface area contributed by atoms with Crippen LogP contribution in [-0.4, -0.2) is 22.1 Å². The molecule has 0 saturated carbocycles. The van der Waals surface area contributed by atoms with Gasteiger partial charge in [0.1, 0.15) is 0 Å². The number of nitrogens with one attached hydrogen (secondary N) is 1. The summed E-state index contributed by atoms with van der Waals surface area (Å²) in [6.07, 6.45) is 1.25. The van der Waals surface area contributed by atoms with Crippen LogP contribution in [-0.2, 0) is 4.79 Å². The first-order chi connectivity index (χ1) is 7.75. The maximum absolute atomic E-state index is 10.1. The van der Waals surface area contributed by atoms with Gasteiger partial charge in [0.2, 0.25) is 5.91 Å². The summed E-state index contributed by atoms with van der Waals surface area (Å²) in [7, 11) is 3.95. The lowest BCUT2D eigenvalue weighted by Crippen LogP contribution is -2.13.